The highest BCUT2D eigenvalue weighted by molar-refractivity contribution is 7.98. The molecule has 6 nitrogen and oxygen atoms in total. The molecule has 148 valence electrons. The summed E-state index contributed by atoms with van der Waals surface area (Å²) in [7, 11) is 1.83. The molecule has 0 aromatic carbocycles. The maximum absolute atomic E-state index is 4.46. The number of nitrogens with zero attached hydrogens (tertiary/aromatic N) is 4. The molecule has 2 N–H and O–H groups in total. The zero-order valence-corrected chi connectivity index (χ0v) is 17.7. The van der Waals surface area contributed by atoms with E-state index in [1.165, 1.54) is 38.5 Å². The number of nitrogens with one attached hydrogen (secondary N) is 2. The van der Waals surface area contributed by atoms with Gasteiger partial charge in [0.15, 0.2) is 11.1 Å². The molecule has 0 unspecified atom stereocenters. The van der Waals surface area contributed by atoms with Gasteiger partial charge in [0.2, 0.25) is 0 Å². The van der Waals surface area contributed by atoms with Gasteiger partial charge in [-0.3, -0.25) is 4.99 Å². The minimum absolute atomic E-state index is 0.603. The molecule has 0 radical (unpaired) electrons. The first-order valence-corrected chi connectivity index (χ1v) is 11.3. The monoisotopic (exact) mass is 380 g/mol. The number of hydrogen-bond donors (Lipinski definition) is 2. The van der Waals surface area contributed by atoms with Gasteiger partial charge in [-0.1, -0.05) is 38.5 Å². The van der Waals surface area contributed by atoms with Crippen molar-refractivity contribution in [3.8, 4) is 0 Å². The quantitative estimate of drug-likeness (QED) is 0.281. The maximum atomic E-state index is 4.46. The minimum Gasteiger partial charge on any atom is -0.356 e. The van der Waals surface area contributed by atoms with Crippen molar-refractivity contribution >= 4 is 17.7 Å². The van der Waals surface area contributed by atoms with E-state index in [9.17, 15) is 0 Å². The Labute approximate surface area is 163 Å². The molecular weight excluding hydrogens is 344 g/mol. The number of hydrogen-bond acceptors (Lipinski definition) is 4. The first-order valence-electron chi connectivity index (χ1n) is 10.1. The lowest BCUT2D eigenvalue weighted by molar-refractivity contribution is 0.460. The fourth-order valence-corrected chi connectivity index (χ4v) is 4.11. The Balaban J connectivity index is 1.74. The van der Waals surface area contributed by atoms with Gasteiger partial charge in [-0.2, -0.15) is 0 Å². The van der Waals surface area contributed by atoms with Crippen LogP contribution in [0, 0.1) is 5.92 Å². The number of thioether (sulfide) groups is 1. The highest BCUT2D eigenvalue weighted by Crippen LogP contribution is 2.33. The van der Waals surface area contributed by atoms with Gasteiger partial charge in [-0.15, -0.1) is 10.2 Å². The number of aromatic nitrogens is 3. The van der Waals surface area contributed by atoms with Gasteiger partial charge in [0.25, 0.3) is 0 Å². The molecule has 0 spiro atoms. The SMILES string of the molecule is CN=C(NCCCc1nnc(SC)n1C1CCCC1)NCCCC(C)C. The lowest BCUT2D eigenvalue weighted by atomic mass is 10.1. The summed E-state index contributed by atoms with van der Waals surface area (Å²) in [4.78, 5) is 4.31. The Kier molecular flexibility index (Phi) is 9.29. The third-order valence-corrected chi connectivity index (χ3v) is 5.59. The molecule has 2 rings (SSSR count). The van der Waals surface area contributed by atoms with Crippen molar-refractivity contribution in [1.82, 2.24) is 25.4 Å². The van der Waals surface area contributed by atoms with E-state index in [1.807, 2.05) is 7.05 Å². The van der Waals surface area contributed by atoms with Crippen LogP contribution < -0.4 is 10.6 Å². The largest absolute Gasteiger partial charge is 0.356 e. The van der Waals surface area contributed by atoms with Crippen molar-refractivity contribution in [2.45, 2.75) is 76.4 Å². The van der Waals surface area contributed by atoms with Crippen molar-refractivity contribution in [3.05, 3.63) is 5.82 Å². The zero-order chi connectivity index (χ0) is 18.8. The smallest absolute Gasteiger partial charge is 0.191 e. The number of rotatable bonds is 10. The third-order valence-electron chi connectivity index (χ3n) is 4.95. The van der Waals surface area contributed by atoms with Crippen LogP contribution in [0.4, 0.5) is 0 Å². The molecule has 1 saturated carbocycles. The third kappa shape index (κ3) is 6.49. The molecule has 0 atom stereocenters. The van der Waals surface area contributed by atoms with Crippen LogP contribution in [-0.4, -0.2) is 47.1 Å². The second-order valence-corrected chi connectivity index (χ2v) is 8.25. The van der Waals surface area contributed by atoms with E-state index in [-0.39, 0.29) is 0 Å². The van der Waals surface area contributed by atoms with Crippen LogP contribution in [0.5, 0.6) is 0 Å². The lowest BCUT2D eigenvalue weighted by Gasteiger charge is -2.16. The Morgan fingerprint density at radius 2 is 1.88 bits per heavy atom. The standard InChI is InChI=1S/C19H36N6S/c1-15(2)9-7-13-21-18(20-3)22-14-8-12-17-23-24-19(26-4)25(17)16-10-5-6-11-16/h15-16H,5-14H2,1-4H3,(H2,20,21,22). The molecule has 1 heterocycles. The molecule has 1 aromatic heterocycles. The number of aliphatic imine (C=N–C) groups is 1. The van der Waals surface area contributed by atoms with Crippen LogP contribution in [0.25, 0.3) is 0 Å². The highest BCUT2D eigenvalue weighted by Gasteiger charge is 2.23. The van der Waals surface area contributed by atoms with Crippen molar-refractivity contribution < 1.29 is 0 Å². The highest BCUT2D eigenvalue weighted by atomic mass is 32.2. The van der Waals surface area contributed by atoms with E-state index in [0.29, 0.717) is 6.04 Å². The molecule has 0 amide bonds. The molecule has 7 heteroatoms. The number of guanidine groups is 1. The van der Waals surface area contributed by atoms with Gasteiger partial charge in [-0.05, 0) is 44.3 Å². The van der Waals surface area contributed by atoms with Crippen LogP contribution in [0.2, 0.25) is 0 Å². The van der Waals surface area contributed by atoms with E-state index in [0.717, 1.165) is 48.8 Å². The fraction of sp³-hybridized carbons (Fsp3) is 0.842. The molecular formula is C19H36N6S. The lowest BCUT2D eigenvalue weighted by Crippen LogP contribution is -2.38. The summed E-state index contributed by atoms with van der Waals surface area (Å²) in [6, 6.07) is 0.603. The molecule has 26 heavy (non-hydrogen) atoms. The second-order valence-electron chi connectivity index (χ2n) is 7.48. The van der Waals surface area contributed by atoms with Crippen LogP contribution in [0.15, 0.2) is 10.1 Å². The van der Waals surface area contributed by atoms with Gasteiger partial charge in [0.1, 0.15) is 5.82 Å². The molecule has 0 bridgehead atoms. The minimum atomic E-state index is 0.603. The summed E-state index contributed by atoms with van der Waals surface area (Å²) >= 11 is 1.71. The average molecular weight is 381 g/mol. The van der Waals surface area contributed by atoms with Crippen molar-refractivity contribution in [1.29, 1.82) is 0 Å². The van der Waals surface area contributed by atoms with E-state index >= 15 is 0 Å². The fourth-order valence-electron chi connectivity index (χ4n) is 3.54. The Bertz CT molecular complexity index is 548. The second kappa shape index (κ2) is 11.5. The van der Waals surface area contributed by atoms with Crippen LogP contribution >= 0.6 is 11.8 Å². The first-order chi connectivity index (χ1) is 12.7. The summed E-state index contributed by atoms with van der Waals surface area (Å²) in [6.45, 7) is 6.40. The topological polar surface area (TPSA) is 67.1 Å². The van der Waals surface area contributed by atoms with E-state index in [4.69, 9.17) is 0 Å². The van der Waals surface area contributed by atoms with Crippen LogP contribution in [0.1, 0.15) is 70.7 Å². The summed E-state index contributed by atoms with van der Waals surface area (Å²) in [5.41, 5.74) is 0. The molecule has 0 saturated heterocycles. The normalized spacial score (nSPS) is 15.8. The molecule has 0 aliphatic heterocycles. The van der Waals surface area contributed by atoms with Gasteiger partial charge in [-0.25, -0.2) is 0 Å². The summed E-state index contributed by atoms with van der Waals surface area (Å²) in [5.74, 6) is 2.80. The van der Waals surface area contributed by atoms with Crippen LogP contribution in [-0.2, 0) is 6.42 Å². The molecule has 1 aliphatic rings. The van der Waals surface area contributed by atoms with Gasteiger partial charge >= 0.3 is 0 Å². The predicted octanol–water partition coefficient (Wildman–Crippen LogP) is 3.65. The van der Waals surface area contributed by atoms with Crippen molar-refractivity contribution in [3.63, 3.8) is 0 Å². The summed E-state index contributed by atoms with van der Waals surface area (Å²) in [5, 5.41) is 16.7. The van der Waals surface area contributed by atoms with Crippen molar-refractivity contribution in [2.24, 2.45) is 10.9 Å². The Morgan fingerprint density at radius 3 is 2.50 bits per heavy atom. The Morgan fingerprint density at radius 1 is 1.19 bits per heavy atom. The van der Waals surface area contributed by atoms with E-state index in [1.54, 1.807) is 11.8 Å². The van der Waals surface area contributed by atoms with Gasteiger partial charge in [0, 0.05) is 32.6 Å². The maximum Gasteiger partial charge on any atom is 0.191 e. The molecule has 1 aromatic rings. The zero-order valence-electron chi connectivity index (χ0n) is 16.9. The van der Waals surface area contributed by atoms with Gasteiger partial charge in [0.05, 0.1) is 0 Å². The summed E-state index contributed by atoms with van der Waals surface area (Å²) in [6.07, 6.45) is 11.7. The van der Waals surface area contributed by atoms with E-state index in [2.05, 4.69) is 50.5 Å². The van der Waals surface area contributed by atoms with Crippen LogP contribution in [0.3, 0.4) is 0 Å². The molecule has 1 aliphatic carbocycles. The first kappa shape index (κ1) is 21.1. The number of aryl methyl sites for hydroxylation is 1. The predicted molar refractivity (Wildman–Crippen MR) is 111 cm³/mol. The summed E-state index contributed by atoms with van der Waals surface area (Å²) < 4.78 is 2.40. The van der Waals surface area contributed by atoms with Gasteiger partial charge < -0.3 is 15.2 Å². The average Bonchev–Trinajstić information content (AvgIpc) is 3.28. The van der Waals surface area contributed by atoms with Crippen molar-refractivity contribution in [2.75, 3.05) is 26.4 Å². The molecule has 1 fully saturated rings. The van der Waals surface area contributed by atoms with E-state index < -0.39 is 0 Å². The Hall–Kier alpha value is -1.24.